The maximum atomic E-state index is 12.7. The average molecular weight is 358 g/mol. The monoisotopic (exact) mass is 357 g/mol. The number of nitrogens with one attached hydrogen (secondary N) is 1. The molecule has 0 aliphatic heterocycles. The van der Waals surface area contributed by atoms with Gasteiger partial charge in [0.05, 0.1) is 17.3 Å². The molecule has 0 aliphatic carbocycles. The van der Waals surface area contributed by atoms with Crippen molar-refractivity contribution in [1.29, 1.82) is 0 Å². The van der Waals surface area contributed by atoms with Crippen molar-refractivity contribution in [3.05, 3.63) is 59.0 Å². The van der Waals surface area contributed by atoms with Crippen LogP contribution in [-0.2, 0) is 0 Å². The lowest BCUT2D eigenvalue weighted by Crippen LogP contribution is -2.15. The van der Waals surface area contributed by atoms with Gasteiger partial charge in [0, 0.05) is 11.9 Å². The summed E-state index contributed by atoms with van der Waals surface area (Å²) in [4.78, 5) is 17.1. The van der Waals surface area contributed by atoms with Gasteiger partial charge in [-0.3, -0.25) is 9.20 Å². The number of ether oxygens (including phenoxy) is 1. The van der Waals surface area contributed by atoms with Crippen molar-refractivity contribution in [2.75, 3.05) is 11.9 Å². The van der Waals surface area contributed by atoms with Crippen molar-refractivity contribution < 1.29 is 9.53 Å². The molecular formula is C19H20ClN3O2. The number of aryl methyl sites for hydroxylation is 1. The number of amides is 1. The molecule has 1 aromatic carbocycles. The van der Waals surface area contributed by atoms with Crippen LogP contribution in [0.15, 0.2) is 42.6 Å². The number of fused-ring (bicyclic) bond motifs is 1. The second-order valence-corrected chi connectivity index (χ2v) is 6.74. The Hall–Kier alpha value is -2.53. The number of aromatic nitrogens is 2. The zero-order valence-electron chi connectivity index (χ0n) is 14.4. The summed E-state index contributed by atoms with van der Waals surface area (Å²) >= 11 is 6.04. The van der Waals surface area contributed by atoms with E-state index in [9.17, 15) is 4.79 Å². The van der Waals surface area contributed by atoms with Crippen molar-refractivity contribution in [3.8, 4) is 5.75 Å². The van der Waals surface area contributed by atoms with Gasteiger partial charge in [-0.25, -0.2) is 4.98 Å². The largest absolute Gasteiger partial charge is 0.493 e. The van der Waals surface area contributed by atoms with E-state index < -0.39 is 0 Å². The normalized spacial score (nSPS) is 11.1. The quantitative estimate of drug-likeness (QED) is 0.727. The van der Waals surface area contributed by atoms with E-state index in [1.165, 1.54) is 0 Å². The van der Waals surface area contributed by atoms with Gasteiger partial charge in [0.25, 0.3) is 5.91 Å². The molecule has 3 rings (SSSR count). The number of nitrogens with zero attached hydrogens (tertiary/aromatic N) is 2. The first-order chi connectivity index (χ1) is 11.9. The highest BCUT2D eigenvalue weighted by Crippen LogP contribution is 2.20. The number of carbonyl (C=O) groups excluding carboxylic acids is 1. The minimum absolute atomic E-state index is 0.233. The first-order valence-corrected chi connectivity index (χ1v) is 8.50. The number of halogens is 1. The predicted molar refractivity (Wildman–Crippen MR) is 99.7 cm³/mol. The summed E-state index contributed by atoms with van der Waals surface area (Å²) in [7, 11) is 0. The first-order valence-electron chi connectivity index (χ1n) is 8.12. The fourth-order valence-corrected chi connectivity index (χ4v) is 2.66. The lowest BCUT2D eigenvalue weighted by Gasteiger charge is -2.10. The van der Waals surface area contributed by atoms with Crippen molar-refractivity contribution in [2.45, 2.75) is 20.8 Å². The molecular weight excluding hydrogens is 338 g/mol. The van der Waals surface area contributed by atoms with Crippen LogP contribution in [0.4, 0.5) is 5.69 Å². The predicted octanol–water partition coefficient (Wildman–Crippen LogP) is 4.58. The van der Waals surface area contributed by atoms with E-state index >= 15 is 0 Å². The van der Waals surface area contributed by atoms with E-state index in [0.717, 1.165) is 5.75 Å². The molecule has 1 amide bonds. The maximum absolute atomic E-state index is 12.7. The maximum Gasteiger partial charge on any atom is 0.274 e. The van der Waals surface area contributed by atoms with Crippen LogP contribution < -0.4 is 10.1 Å². The highest BCUT2D eigenvalue weighted by molar-refractivity contribution is 6.30. The lowest BCUT2D eigenvalue weighted by molar-refractivity contribution is 0.102. The van der Waals surface area contributed by atoms with E-state index in [2.05, 4.69) is 24.1 Å². The van der Waals surface area contributed by atoms with Crippen molar-refractivity contribution in [3.63, 3.8) is 0 Å². The molecule has 3 aromatic rings. The van der Waals surface area contributed by atoms with E-state index in [0.29, 0.717) is 40.3 Å². The minimum atomic E-state index is -0.233. The summed E-state index contributed by atoms with van der Waals surface area (Å²) in [6.07, 6.45) is 1.69. The number of carbonyl (C=O) groups is 1. The number of anilines is 1. The molecule has 130 valence electrons. The molecule has 6 heteroatoms. The van der Waals surface area contributed by atoms with Gasteiger partial charge in [-0.05, 0) is 49.2 Å². The minimum Gasteiger partial charge on any atom is -0.493 e. The number of pyridine rings is 1. The topological polar surface area (TPSA) is 55.6 Å². The Labute approximate surface area is 151 Å². The van der Waals surface area contributed by atoms with E-state index in [1.807, 2.05) is 24.3 Å². The van der Waals surface area contributed by atoms with Gasteiger partial charge in [0.2, 0.25) is 0 Å². The zero-order chi connectivity index (χ0) is 18.0. The molecule has 0 radical (unpaired) electrons. The van der Waals surface area contributed by atoms with Gasteiger partial charge < -0.3 is 10.1 Å². The molecule has 0 unspecified atom stereocenters. The molecule has 0 spiro atoms. The second-order valence-electron chi connectivity index (χ2n) is 6.30. The standard InChI is InChI=1S/C19H20ClN3O2/c1-12(2)11-25-16-7-5-15(6-8-16)22-19(24)18-13(3)21-17-9-4-14(20)10-23(17)18/h4-10,12H,11H2,1-3H3,(H,22,24). The Morgan fingerprint density at radius 2 is 1.96 bits per heavy atom. The Balaban J connectivity index is 1.78. The molecule has 25 heavy (non-hydrogen) atoms. The molecule has 5 nitrogen and oxygen atoms in total. The van der Waals surface area contributed by atoms with Crippen LogP contribution in [0.3, 0.4) is 0 Å². The van der Waals surface area contributed by atoms with Gasteiger partial charge in [-0.15, -0.1) is 0 Å². The van der Waals surface area contributed by atoms with Crippen LogP contribution in [0.1, 0.15) is 30.0 Å². The molecule has 0 aliphatic rings. The van der Waals surface area contributed by atoms with Gasteiger partial charge in [0.15, 0.2) is 0 Å². The van der Waals surface area contributed by atoms with Crippen LogP contribution >= 0.6 is 11.6 Å². The van der Waals surface area contributed by atoms with Crippen LogP contribution in [0.25, 0.3) is 5.65 Å². The molecule has 0 atom stereocenters. The van der Waals surface area contributed by atoms with Crippen molar-refractivity contribution in [1.82, 2.24) is 9.38 Å². The highest BCUT2D eigenvalue weighted by Gasteiger charge is 2.17. The van der Waals surface area contributed by atoms with Gasteiger partial charge in [-0.2, -0.15) is 0 Å². The van der Waals surface area contributed by atoms with Crippen LogP contribution in [0.2, 0.25) is 5.02 Å². The third kappa shape index (κ3) is 3.94. The summed E-state index contributed by atoms with van der Waals surface area (Å²) in [5, 5.41) is 3.44. The number of hydrogen-bond donors (Lipinski definition) is 1. The Morgan fingerprint density at radius 3 is 2.64 bits per heavy atom. The summed E-state index contributed by atoms with van der Waals surface area (Å²) in [6, 6.07) is 10.9. The lowest BCUT2D eigenvalue weighted by atomic mass is 10.2. The molecule has 2 heterocycles. The Bertz CT molecular complexity index is 901. The molecule has 0 fully saturated rings. The molecule has 0 saturated carbocycles. The van der Waals surface area contributed by atoms with E-state index in [4.69, 9.17) is 16.3 Å². The molecule has 0 bridgehead atoms. The second kappa shape index (κ2) is 7.15. The molecule has 0 saturated heterocycles. The van der Waals surface area contributed by atoms with Gasteiger partial charge >= 0.3 is 0 Å². The number of imidazole rings is 1. The van der Waals surface area contributed by atoms with Crippen molar-refractivity contribution in [2.24, 2.45) is 5.92 Å². The SMILES string of the molecule is Cc1nc2ccc(Cl)cn2c1C(=O)Nc1ccc(OCC(C)C)cc1. The number of benzene rings is 1. The summed E-state index contributed by atoms with van der Waals surface area (Å²) in [5.41, 5.74) is 2.50. The molecule has 2 aromatic heterocycles. The van der Waals surface area contributed by atoms with Crippen LogP contribution in [0.5, 0.6) is 5.75 Å². The Morgan fingerprint density at radius 1 is 1.24 bits per heavy atom. The van der Waals surface area contributed by atoms with Crippen molar-refractivity contribution >= 4 is 28.8 Å². The summed E-state index contributed by atoms with van der Waals surface area (Å²) < 4.78 is 7.35. The number of rotatable bonds is 5. The molecule has 1 N–H and O–H groups in total. The average Bonchev–Trinajstić information content (AvgIpc) is 2.89. The first kappa shape index (κ1) is 17.3. The number of hydrogen-bond acceptors (Lipinski definition) is 3. The fourth-order valence-electron chi connectivity index (χ4n) is 2.50. The van der Waals surface area contributed by atoms with Crippen LogP contribution in [-0.4, -0.2) is 21.9 Å². The summed E-state index contributed by atoms with van der Waals surface area (Å²) in [6.45, 7) is 6.66. The third-order valence-corrected chi connectivity index (χ3v) is 3.89. The highest BCUT2D eigenvalue weighted by atomic mass is 35.5. The fraction of sp³-hybridized carbons (Fsp3) is 0.263. The van der Waals surface area contributed by atoms with E-state index in [1.54, 1.807) is 29.7 Å². The third-order valence-electron chi connectivity index (χ3n) is 3.67. The smallest absolute Gasteiger partial charge is 0.274 e. The van der Waals surface area contributed by atoms with Gasteiger partial charge in [0.1, 0.15) is 17.1 Å². The zero-order valence-corrected chi connectivity index (χ0v) is 15.2. The van der Waals surface area contributed by atoms with Crippen LogP contribution in [0, 0.1) is 12.8 Å². The summed E-state index contributed by atoms with van der Waals surface area (Å²) in [5.74, 6) is 1.01. The van der Waals surface area contributed by atoms with Gasteiger partial charge in [-0.1, -0.05) is 25.4 Å². The Kier molecular flexibility index (Phi) is 4.95. The van der Waals surface area contributed by atoms with E-state index in [-0.39, 0.29) is 5.91 Å².